The molecule has 0 aromatic carbocycles. The van der Waals surface area contributed by atoms with E-state index in [1.165, 1.54) is 6.08 Å². The summed E-state index contributed by atoms with van der Waals surface area (Å²) < 4.78 is 0. The summed E-state index contributed by atoms with van der Waals surface area (Å²) >= 11 is 0. The highest BCUT2D eigenvalue weighted by Crippen LogP contribution is 2.15. The summed E-state index contributed by atoms with van der Waals surface area (Å²) in [4.78, 5) is 10.6. The van der Waals surface area contributed by atoms with Crippen LogP contribution in [0.2, 0.25) is 0 Å². The Bertz CT molecular complexity index is 230. The lowest BCUT2D eigenvalue weighted by molar-refractivity contribution is -0.142. The maximum atomic E-state index is 10.6. The number of rotatable bonds is 6. The van der Waals surface area contributed by atoms with Crippen molar-refractivity contribution in [3.8, 4) is 0 Å². The Morgan fingerprint density at radius 1 is 1.46 bits per heavy atom. The highest BCUT2D eigenvalue weighted by atomic mass is 16.4. The highest BCUT2D eigenvalue weighted by Gasteiger charge is 2.24. The second kappa shape index (κ2) is 5.32. The highest BCUT2D eigenvalue weighted by molar-refractivity contribution is 5.73. The van der Waals surface area contributed by atoms with E-state index in [1.807, 2.05) is 0 Å². The second-order valence-corrected chi connectivity index (χ2v) is 2.70. The van der Waals surface area contributed by atoms with Crippen molar-refractivity contribution in [3.05, 3.63) is 37.5 Å². The van der Waals surface area contributed by atoms with E-state index in [1.54, 1.807) is 6.08 Å². The van der Waals surface area contributed by atoms with E-state index >= 15 is 0 Å². The topological polar surface area (TPSA) is 57.5 Å². The smallest absolute Gasteiger partial charge is 0.313 e. The number of aliphatic hydroxyl groups is 1. The molecule has 2 N–H and O–H groups in total. The number of aliphatic hydroxyl groups excluding tert-OH is 1. The van der Waals surface area contributed by atoms with Gasteiger partial charge in [-0.05, 0) is 12.0 Å². The molecule has 0 radical (unpaired) electrons. The van der Waals surface area contributed by atoms with Crippen LogP contribution in [0.5, 0.6) is 0 Å². The summed E-state index contributed by atoms with van der Waals surface area (Å²) in [7, 11) is 0. The zero-order valence-corrected chi connectivity index (χ0v) is 7.44. The lowest BCUT2D eigenvalue weighted by Crippen LogP contribution is -2.27. The van der Waals surface area contributed by atoms with Gasteiger partial charge in [0.15, 0.2) is 0 Å². The van der Waals surface area contributed by atoms with Gasteiger partial charge in [0, 0.05) is 0 Å². The molecule has 0 bridgehead atoms. The number of allylic oxidation sites excluding steroid dienone is 1. The summed E-state index contributed by atoms with van der Waals surface area (Å²) in [6.45, 7) is 10.4. The molecule has 13 heavy (non-hydrogen) atoms. The normalized spacial score (nSPS) is 14.2. The Labute approximate surface area is 77.7 Å². The number of carboxylic acids is 1. The zero-order chi connectivity index (χ0) is 10.4. The first-order valence-electron chi connectivity index (χ1n) is 3.86. The third-order valence-corrected chi connectivity index (χ3v) is 1.70. The van der Waals surface area contributed by atoms with Gasteiger partial charge in [-0.2, -0.15) is 0 Å². The largest absolute Gasteiger partial charge is 0.481 e. The van der Waals surface area contributed by atoms with Crippen molar-refractivity contribution >= 4 is 5.97 Å². The maximum Gasteiger partial charge on any atom is 0.313 e. The monoisotopic (exact) mass is 182 g/mol. The molecule has 0 amide bonds. The molecule has 3 heteroatoms. The molecular formula is C10H14O3. The van der Waals surface area contributed by atoms with E-state index in [0.717, 1.165) is 0 Å². The SMILES string of the molecule is C=CCC(=C)C(O)C(C=C)C(=O)O. The van der Waals surface area contributed by atoms with Crippen molar-refractivity contribution in [2.24, 2.45) is 5.92 Å². The van der Waals surface area contributed by atoms with Crippen LogP contribution in [0.25, 0.3) is 0 Å². The molecule has 72 valence electrons. The minimum atomic E-state index is -1.10. The fraction of sp³-hybridized carbons (Fsp3) is 0.300. The first-order valence-corrected chi connectivity index (χ1v) is 3.86. The zero-order valence-electron chi connectivity index (χ0n) is 7.44. The molecule has 0 saturated heterocycles. The van der Waals surface area contributed by atoms with E-state index in [4.69, 9.17) is 5.11 Å². The number of hydrogen-bond acceptors (Lipinski definition) is 2. The van der Waals surface area contributed by atoms with E-state index in [9.17, 15) is 9.90 Å². The molecule has 0 saturated carbocycles. The lowest BCUT2D eigenvalue weighted by Gasteiger charge is -2.16. The Morgan fingerprint density at radius 2 is 2.00 bits per heavy atom. The third-order valence-electron chi connectivity index (χ3n) is 1.70. The third kappa shape index (κ3) is 3.25. The minimum absolute atomic E-state index is 0.402. The minimum Gasteiger partial charge on any atom is -0.481 e. The summed E-state index contributed by atoms with van der Waals surface area (Å²) in [5.41, 5.74) is 0.433. The molecule has 0 aliphatic rings. The van der Waals surface area contributed by atoms with Crippen LogP contribution in [0.15, 0.2) is 37.5 Å². The molecule has 0 aromatic rings. The molecular weight excluding hydrogens is 168 g/mol. The van der Waals surface area contributed by atoms with Crippen LogP contribution in [0.1, 0.15) is 6.42 Å². The van der Waals surface area contributed by atoms with Gasteiger partial charge in [-0.15, -0.1) is 13.2 Å². The first-order chi connectivity index (χ1) is 6.04. The van der Waals surface area contributed by atoms with Gasteiger partial charge in [0.25, 0.3) is 0 Å². The van der Waals surface area contributed by atoms with Gasteiger partial charge in [-0.3, -0.25) is 4.79 Å². The van der Waals surface area contributed by atoms with Crippen molar-refractivity contribution in [2.75, 3.05) is 0 Å². The average molecular weight is 182 g/mol. The Kier molecular flexibility index (Phi) is 4.77. The van der Waals surface area contributed by atoms with Crippen LogP contribution in [0.3, 0.4) is 0 Å². The molecule has 3 nitrogen and oxygen atoms in total. The number of carboxylic acid groups (broad SMARTS) is 1. The summed E-state index contributed by atoms with van der Waals surface area (Å²) in [6.07, 6.45) is 2.07. The van der Waals surface area contributed by atoms with Crippen molar-refractivity contribution in [3.63, 3.8) is 0 Å². The van der Waals surface area contributed by atoms with Crippen LogP contribution in [0.4, 0.5) is 0 Å². The summed E-state index contributed by atoms with van der Waals surface area (Å²) in [6, 6.07) is 0. The van der Waals surface area contributed by atoms with Gasteiger partial charge in [-0.25, -0.2) is 0 Å². The summed E-state index contributed by atoms with van der Waals surface area (Å²) in [5, 5.41) is 18.1. The lowest BCUT2D eigenvalue weighted by atomic mass is 9.95. The van der Waals surface area contributed by atoms with E-state index < -0.39 is 18.0 Å². The van der Waals surface area contributed by atoms with Crippen LogP contribution in [0, 0.1) is 5.92 Å². The van der Waals surface area contributed by atoms with Gasteiger partial charge in [-0.1, -0.05) is 18.7 Å². The predicted molar refractivity (Wildman–Crippen MR) is 51.3 cm³/mol. The Hall–Kier alpha value is -1.35. The maximum absolute atomic E-state index is 10.6. The number of hydrogen-bond donors (Lipinski definition) is 2. The van der Waals surface area contributed by atoms with Gasteiger partial charge >= 0.3 is 5.97 Å². The molecule has 0 heterocycles. The van der Waals surface area contributed by atoms with Crippen molar-refractivity contribution in [1.29, 1.82) is 0 Å². The summed E-state index contributed by atoms with van der Waals surface area (Å²) in [5.74, 6) is -2.10. The van der Waals surface area contributed by atoms with E-state index in [2.05, 4.69) is 19.7 Å². The second-order valence-electron chi connectivity index (χ2n) is 2.70. The van der Waals surface area contributed by atoms with Crippen molar-refractivity contribution in [1.82, 2.24) is 0 Å². The fourth-order valence-corrected chi connectivity index (χ4v) is 0.925. The molecule has 0 spiro atoms. The van der Waals surface area contributed by atoms with Crippen LogP contribution in [-0.4, -0.2) is 22.3 Å². The first kappa shape index (κ1) is 11.6. The fourth-order valence-electron chi connectivity index (χ4n) is 0.925. The Morgan fingerprint density at radius 3 is 2.31 bits per heavy atom. The van der Waals surface area contributed by atoms with Gasteiger partial charge < -0.3 is 10.2 Å². The van der Waals surface area contributed by atoms with Crippen LogP contribution < -0.4 is 0 Å². The molecule has 0 aliphatic heterocycles. The average Bonchev–Trinajstić information content (AvgIpc) is 2.05. The van der Waals surface area contributed by atoms with Gasteiger partial charge in [0.2, 0.25) is 0 Å². The van der Waals surface area contributed by atoms with Crippen molar-refractivity contribution < 1.29 is 15.0 Å². The number of aliphatic carboxylic acids is 1. The standard InChI is InChI=1S/C10H14O3/c1-4-6-7(3)9(11)8(5-2)10(12)13/h4-5,8-9,11H,1-3,6H2,(H,12,13). The molecule has 0 fully saturated rings. The molecule has 0 rings (SSSR count). The van der Waals surface area contributed by atoms with Crippen LogP contribution in [-0.2, 0) is 4.79 Å². The molecule has 2 atom stereocenters. The van der Waals surface area contributed by atoms with E-state index in [-0.39, 0.29) is 0 Å². The molecule has 0 aromatic heterocycles. The predicted octanol–water partition coefficient (Wildman–Crippen LogP) is 1.37. The Balaban J connectivity index is 4.44. The van der Waals surface area contributed by atoms with Gasteiger partial charge in [0.05, 0.1) is 6.10 Å². The number of carbonyl (C=O) groups is 1. The molecule has 2 unspecified atom stereocenters. The van der Waals surface area contributed by atoms with Crippen molar-refractivity contribution in [2.45, 2.75) is 12.5 Å². The van der Waals surface area contributed by atoms with E-state index in [0.29, 0.717) is 12.0 Å². The van der Waals surface area contributed by atoms with Crippen LogP contribution >= 0.6 is 0 Å². The molecule has 0 aliphatic carbocycles. The van der Waals surface area contributed by atoms with Gasteiger partial charge in [0.1, 0.15) is 5.92 Å². The quantitative estimate of drug-likeness (QED) is 0.610.